The third-order valence-corrected chi connectivity index (χ3v) is 2.64. The van der Waals surface area contributed by atoms with Crippen molar-refractivity contribution in [1.29, 1.82) is 0 Å². The Morgan fingerprint density at radius 2 is 2.08 bits per heavy atom. The van der Waals surface area contributed by atoms with Gasteiger partial charge in [-0.15, -0.1) is 0 Å². The van der Waals surface area contributed by atoms with Gasteiger partial charge in [0, 0.05) is 19.1 Å². The van der Waals surface area contributed by atoms with Crippen LogP contribution in [0.15, 0.2) is 0 Å². The van der Waals surface area contributed by atoms with E-state index in [9.17, 15) is 0 Å². The summed E-state index contributed by atoms with van der Waals surface area (Å²) >= 11 is 0. The Hall–Kier alpha value is -0.0800. The molecule has 0 aromatic rings. The van der Waals surface area contributed by atoms with E-state index < -0.39 is 0 Å². The molecule has 2 nitrogen and oxygen atoms in total. The second-order valence-corrected chi connectivity index (χ2v) is 5.32. The largest absolute Gasteiger partial charge is 0.312 e. The number of rotatable bonds is 3. The summed E-state index contributed by atoms with van der Waals surface area (Å²) in [4.78, 5) is 2.51. The van der Waals surface area contributed by atoms with Gasteiger partial charge in [0.15, 0.2) is 0 Å². The van der Waals surface area contributed by atoms with Gasteiger partial charge < -0.3 is 10.2 Å². The molecule has 0 aromatic heterocycles. The van der Waals surface area contributed by atoms with Gasteiger partial charge in [-0.3, -0.25) is 0 Å². The van der Waals surface area contributed by atoms with Gasteiger partial charge in [0.05, 0.1) is 0 Å². The van der Waals surface area contributed by atoms with E-state index in [1.165, 1.54) is 26.1 Å². The quantitative estimate of drug-likeness (QED) is 0.718. The predicted molar refractivity (Wildman–Crippen MR) is 58.0 cm³/mol. The minimum Gasteiger partial charge on any atom is -0.312 e. The molecule has 1 atom stereocenters. The minimum atomic E-state index is 0.416. The van der Waals surface area contributed by atoms with Gasteiger partial charge >= 0.3 is 0 Å². The third kappa shape index (κ3) is 4.10. The molecule has 0 aromatic carbocycles. The van der Waals surface area contributed by atoms with Crippen LogP contribution in [0.3, 0.4) is 0 Å². The highest BCUT2D eigenvalue weighted by molar-refractivity contribution is 4.81. The number of hydrogen-bond acceptors (Lipinski definition) is 2. The number of hydrogen-bond donors (Lipinski definition) is 1. The van der Waals surface area contributed by atoms with Gasteiger partial charge in [0.1, 0.15) is 0 Å². The molecule has 1 saturated heterocycles. The first kappa shape index (κ1) is 11.0. The van der Waals surface area contributed by atoms with Crippen molar-refractivity contribution in [2.24, 2.45) is 5.41 Å². The van der Waals surface area contributed by atoms with Gasteiger partial charge in [0.2, 0.25) is 0 Å². The summed E-state index contributed by atoms with van der Waals surface area (Å²) in [7, 11) is 0. The summed E-state index contributed by atoms with van der Waals surface area (Å²) in [5.41, 5.74) is 0.416. The molecule has 78 valence electrons. The number of nitrogens with one attached hydrogen (secondary N) is 1. The lowest BCUT2D eigenvalue weighted by molar-refractivity contribution is 0.323. The summed E-state index contributed by atoms with van der Waals surface area (Å²) in [6, 6.07) is 0.735. The van der Waals surface area contributed by atoms with Crippen molar-refractivity contribution in [1.82, 2.24) is 10.2 Å². The second-order valence-electron chi connectivity index (χ2n) is 5.32. The summed E-state index contributed by atoms with van der Waals surface area (Å²) in [5, 5.41) is 3.64. The Kier molecular flexibility index (Phi) is 3.74. The predicted octanol–water partition coefficient (Wildman–Crippen LogP) is 1.72. The van der Waals surface area contributed by atoms with Crippen LogP contribution in [-0.2, 0) is 0 Å². The smallest absolute Gasteiger partial charge is 0.0207 e. The first-order valence-electron chi connectivity index (χ1n) is 5.47. The lowest BCUT2D eigenvalue weighted by atomic mass is 9.96. The zero-order valence-electron chi connectivity index (χ0n) is 9.56. The molecule has 0 radical (unpaired) electrons. The molecule has 0 spiro atoms. The molecule has 0 aliphatic carbocycles. The van der Waals surface area contributed by atoms with E-state index in [1.807, 2.05) is 0 Å². The van der Waals surface area contributed by atoms with Crippen LogP contribution in [0.5, 0.6) is 0 Å². The molecular weight excluding hydrogens is 160 g/mol. The van der Waals surface area contributed by atoms with Crippen molar-refractivity contribution < 1.29 is 0 Å². The van der Waals surface area contributed by atoms with Crippen LogP contribution in [0.25, 0.3) is 0 Å². The maximum absolute atomic E-state index is 3.64. The molecular formula is C11H24N2. The monoisotopic (exact) mass is 184 g/mol. The fraction of sp³-hybridized carbons (Fsp3) is 1.00. The summed E-state index contributed by atoms with van der Waals surface area (Å²) in [6.45, 7) is 13.9. The molecule has 0 unspecified atom stereocenters. The SMILES string of the molecule is CCN1CC[C@@H](NCC(C)(C)C)C1. The highest BCUT2D eigenvalue weighted by atomic mass is 15.2. The Balaban J connectivity index is 2.17. The molecule has 1 rings (SSSR count). The molecule has 1 N–H and O–H groups in total. The third-order valence-electron chi connectivity index (χ3n) is 2.64. The van der Waals surface area contributed by atoms with Crippen LogP contribution in [0.4, 0.5) is 0 Å². The lowest BCUT2D eigenvalue weighted by Crippen LogP contribution is -2.37. The molecule has 1 aliphatic rings. The van der Waals surface area contributed by atoms with Crippen molar-refractivity contribution in [2.45, 2.75) is 40.2 Å². The highest BCUT2D eigenvalue weighted by Crippen LogP contribution is 2.13. The zero-order chi connectivity index (χ0) is 9.90. The average Bonchev–Trinajstić information content (AvgIpc) is 2.47. The van der Waals surface area contributed by atoms with Crippen LogP contribution in [-0.4, -0.2) is 37.1 Å². The highest BCUT2D eigenvalue weighted by Gasteiger charge is 2.21. The van der Waals surface area contributed by atoms with Crippen molar-refractivity contribution >= 4 is 0 Å². The van der Waals surface area contributed by atoms with Crippen molar-refractivity contribution in [3.8, 4) is 0 Å². The molecule has 2 heteroatoms. The van der Waals surface area contributed by atoms with E-state index in [4.69, 9.17) is 0 Å². The van der Waals surface area contributed by atoms with Gasteiger partial charge in [-0.25, -0.2) is 0 Å². The molecule has 13 heavy (non-hydrogen) atoms. The maximum Gasteiger partial charge on any atom is 0.0207 e. The average molecular weight is 184 g/mol. The Morgan fingerprint density at radius 1 is 1.38 bits per heavy atom. The fourth-order valence-electron chi connectivity index (χ4n) is 1.74. The van der Waals surface area contributed by atoms with E-state index >= 15 is 0 Å². The van der Waals surface area contributed by atoms with E-state index in [0.717, 1.165) is 12.6 Å². The summed E-state index contributed by atoms with van der Waals surface area (Å²) < 4.78 is 0. The zero-order valence-corrected chi connectivity index (χ0v) is 9.56. The molecule has 0 amide bonds. The Morgan fingerprint density at radius 3 is 2.54 bits per heavy atom. The number of likely N-dealkylation sites (N-methyl/N-ethyl adjacent to an activating group) is 1. The molecule has 1 fully saturated rings. The van der Waals surface area contributed by atoms with E-state index in [1.54, 1.807) is 0 Å². The normalized spacial score (nSPS) is 25.4. The van der Waals surface area contributed by atoms with Crippen LogP contribution in [0.1, 0.15) is 34.1 Å². The van der Waals surface area contributed by atoms with E-state index in [-0.39, 0.29) is 0 Å². The standard InChI is InChI=1S/C11H24N2/c1-5-13-7-6-10(8-13)12-9-11(2,3)4/h10,12H,5-9H2,1-4H3/t10-/m1/s1. The Labute approximate surface area is 82.7 Å². The lowest BCUT2D eigenvalue weighted by Gasteiger charge is -2.22. The van der Waals surface area contributed by atoms with Gasteiger partial charge in [0.25, 0.3) is 0 Å². The van der Waals surface area contributed by atoms with Crippen LogP contribution >= 0.6 is 0 Å². The summed E-state index contributed by atoms with van der Waals surface area (Å²) in [6.07, 6.45) is 1.32. The molecule has 1 aliphatic heterocycles. The minimum absolute atomic E-state index is 0.416. The second kappa shape index (κ2) is 4.43. The van der Waals surface area contributed by atoms with E-state index in [0.29, 0.717) is 5.41 Å². The molecule has 0 saturated carbocycles. The van der Waals surface area contributed by atoms with Crippen LogP contribution < -0.4 is 5.32 Å². The van der Waals surface area contributed by atoms with Crippen molar-refractivity contribution in [3.05, 3.63) is 0 Å². The fourth-order valence-corrected chi connectivity index (χ4v) is 1.74. The van der Waals surface area contributed by atoms with Crippen molar-refractivity contribution in [3.63, 3.8) is 0 Å². The van der Waals surface area contributed by atoms with Gasteiger partial charge in [-0.2, -0.15) is 0 Å². The van der Waals surface area contributed by atoms with Gasteiger partial charge in [-0.05, 0) is 24.9 Å². The van der Waals surface area contributed by atoms with E-state index in [2.05, 4.69) is 37.9 Å². The molecule has 1 heterocycles. The topological polar surface area (TPSA) is 15.3 Å². The first-order valence-corrected chi connectivity index (χ1v) is 5.47. The molecule has 0 bridgehead atoms. The van der Waals surface area contributed by atoms with Gasteiger partial charge in [-0.1, -0.05) is 27.7 Å². The van der Waals surface area contributed by atoms with Crippen LogP contribution in [0.2, 0.25) is 0 Å². The maximum atomic E-state index is 3.64. The first-order chi connectivity index (χ1) is 6.01. The Bertz CT molecular complexity index is 149. The number of nitrogens with zero attached hydrogens (tertiary/aromatic N) is 1. The van der Waals surface area contributed by atoms with Crippen molar-refractivity contribution in [2.75, 3.05) is 26.2 Å². The summed E-state index contributed by atoms with van der Waals surface area (Å²) in [5.74, 6) is 0. The van der Waals surface area contributed by atoms with Crippen LogP contribution in [0, 0.1) is 5.41 Å². The number of likely N-dealkylation sites (tertiary alicyclic amines) is 1.